The Morgan fingerprint density at radius 2 is 1.48 bits per heavy atom. The van der Waals surface area contributed by atoms with E-state index < -0.39 is 62.6 Å². The van der Waals surface area contributed by atoms with Crippen molar-refractivity contribution in [2.24, 2.45) is 5.41 Å². The minimum Gasteiger partial charge on any atom is -0.507 e. The summed E-state index contributed by atoms with van der Waals surface area (Å²) in [5.41, 5.74) is 2.55. The van der Waals surface area contributed by atoms with Crippen LogP contribution in [0, 0.1) is 15.5 Å². The van der Waals surface area contributed by atoms with Crippen LogP contribution in [0.15, 0.2) is 60.7 Å². The molecule has 5 rings (SSSR count). The van der Waals surface area contributed by atoms with Crippen molar-refractivity contribution in [3.05, 3.63) is 98.6 Å². The quantitative estimate of drug-likeness (QED) is 0.0250. The molecule has 71 heavy (non-hydrogen) atoms. The van der Waals surface area contributed by atoms with E-state index in [1.54, 1.807) is 12.1 Å². The van der Waals surface area contributed by atoms with Crippen molar-refractivity contribution in [1.29, 1.82) is 0 Å². The maximum atomic E-state index is 13.5. The second-order valence-corrected chi connectivity index (χ2v) is 26.5. The Morgan fingerprint density at radius 1 is 0.845 bits per heavy atom. The fourth-order valence-corrected chi connectivity index (χ4v) is 9.53. The van der Waals surface area contributed by atoms with E-state index in [1.165, 1.54) is 24.6 Å². The normalized spacial score (nSPS) is 16.8. The number of ether oxygens (including phenoxy) is 6. The summed E-state index contributed by atoms with van der Waals surface area (Å²) < 4.78 is 33.3. The maximum absolute atomic E-state index is 13.5. The molecular formula is C55H78N2O13S. The molecular weight excluding hydrogens is 929 g/mol. The highest BCUT2D eigenvalue weighted by Gasteiger charge is 2.59. The molecule has 2 heterocycles. The minimum absolute atomic E-state index is 0.0200. The molecule has 0 aromatic heterocycles. The van der Waals surface area contributed by atoms with Crippen LogP contribution in [0.2, 0.25) is 0 Å². The average Bonchev–Trinajstić information content (AvgIpc) is 3.46. The van der Waals surface area contributed by atoms with Crippen molar-refractivity contribution in [1.82, 2.24) is 0 Å². The molecule has 15 nitrogen and oxygen atoms in total. The summed E-state index contributed by atoms with van der Waals surface area (Å²) in [7, 11) is -0.584. The molecule has 1 N–H and O–H groups in total. The summed E-state index contributed by atoms with van der Waals surface area (Å²) in [6.07, 6.45) is 13.0. The van der Waals surface area contributed by atoms with Gasteiger partial charge in [0.15, 0.2) is 0 Å². The number of nitro groups is 1. The Hall–Kier alpha value is -5.61. The Bertz CT molecular complexity index is 2340. The van der Waals surface area contributed by atoms with Gasteiger partial charge in [-0.3, -0.25) is 29.3 Å². The number of aromatic hydroxyl groups is 1. The summed E-state index contributed by atoms with van der Waals surface area (Å²) in [6, 6.07) is 16.5. The second-order valence-electron chi connectivity index (χ2n) is 21.9. The molecule has 2 aliphatic rings. The van der Waals surface area contributed by atoms with Gasteiger partial charge in [0.2, 0.25) is 5.72 Å². The van der Waals surface area contributed by atoms with Gasteiger partial charge in [-0.05, 0) is 116 Å². The molecule has 0 saturated carbocycles. The predicted octanol–water partition coefficient (Wildman–Crippen LogP) is 10.1. The van der Waals surface area contributed by atoms with Crippen LogP contribution >= 0.6 is 10.0 Å². The molecule has 0 saturated heterocycles. The third kappa shape index (κ3) is 15.2. The van der Waals surface area contributed by atoms with E-state index in [2.05, 4.69) is 79.4 Å². The summed E-state index contributed by atoms with van der Waals surface area (Å²) in [5.74, 6) is -0.0448. The first-order chi connectivity index (χ1) is 33.1. The van der Waals surface area contributed by atoms with E-state index in [9.17, 15) is 34.4 Å². The number of phenols is 1. The van der Waals surface area contributed by atoms with Crippen molar-refractivity contribution in [2.75, 3.05) is 75.6 Å². The van der Waals surface area contributed by atoms with E-state index in [0.717, 1.165) is 47.4 Å². The van der Waals surface area contributed by atoms with Gasteiger partial charge in [-0.1, -0.05) is 85.2 Å². The lowest BCUT2D eigenvalue weighted by Crippen LogP contribution is -2.60. The number of benzene rings is 3. The zero-order chi connectivity index (χ0) is 53.0. The number of carbonyl (C=O) groups is 4. The molecule has 1 spiro atoms. The largest absolute Gasteiger partial charge is 0.507 e. The first-order valence-electron chi connectivity index (χ1n) is 24.3. The van der Waals surface area contributed by atoms with Gasteiger partial charge in [0.05, 0.1) is 36.3 Å². The van der Waals surface area contributed by atoms with Gasteiger partial charge in [-0.25, -0.2) is 10.0 Å². The number of anilines is 1. The molecule has 0 radical (unpaired) electrons. The van der Waals surface area contributed by atoms with E-state index in [4.69, 9.17) is 28.4 Å². The second kappa shape index (κ2) is 24.2. The average molecular weight is 1010 g/mol. The molecule has 3 aromatic rings. The van der Waals surface area contributed by atoms with E-state index >= 15 is 0 Å². The van der Waals surface area contributed by atoms with Crippen molar-refractivity contribution in [3.8, 4) is 11.5 Å². The van der Waals surface area contributed by atoms with Gasteiger partial charge in [0.1, 0.15) is 43.3 Å². The monoisotopic (exact) mass is 1010 g/mol. The number of nitro benzene ring substituents is 1. The first-order valence-corrected chi connectivity index (χ1v) is 27.3. The molecule has 16 heteroatoms. The van der Waals surface area contributed by atoms with Gasteiger partial charge in [-0.15, -0.1) is 0 Å². The minimum atomic E-state index is -1.54. The van der Waals surface area contributed by atoms with Crippen LogP contribution in [0.5, 0.6) is 11.5 Å². The third-order valence-corrected chi connectivity index (χ3v) is 14.1. The maximum Gasteiger partial charge on any atom is 0.318 e. The van der Waals surface area contributed by atoms with Crippen molar-refractivity contribution in [3.63, 3.8) is 0 Å². The third-order valence-electron chi connectivity index (χ3n) is 12.6. The Labute approximate surface area is 422 Å². The van der Waals surface area contributed by atoms with Crippen molar-refractivity contribution in [2.45, 2.75) is 123 Å². The summed E-state index contributed by atoms with van der Waals surface area (Å²) in [6.45, 7) is 20.9. The van der Waals surface area contributed by atoms with E-state index in [-0.39, 0.29) is 62.2 Å². The Balaban J connectivity index is 0.000000511. The number of rotatable bonds is 22. The molecule has 0 fully saturated rings. The fourth-order valence-electron chi connectivity index (χ4n) is 8.54. The zero-order valence-corrected chi connectivity index (χ0v) is 45.1. The number of para-hydroxylation sites is 1. The number of esters is 3. The number of non-ortho nitro benzene ring substituents is 1. The number of aryl methyl sites for hydroxylation is 1. The van der Waals surface area contributed by atoms with Crippen molar-refractivity contribution < 1.29 is 57.6 Å². The molecule has 0 bridgehead atoms. The molecule has 392 valence electrons. The van der Waals surface area contributed by atoms with Gasteiger partial charge < -0.3 is 38.4 Å². The van der Waals surface area contributed by atoms with Gasteiger partial charge in [-0.2, -0.15) is 0 Å². The summed E-state index contributed by atoms with van der Waals surface area (Å²) in [4.78, 5) is 62.1. The predicted molar refractivity (Wildman–Crippen MR) is 280 cm³/mol. The molecule has 2 aliphatic heterocycles. The van der Waals surface area contributed by atoms with Gasteiger partial charge in [0, 0.05) is 30.0 Å². The highest BCUT2D eigenvalue weighted by molar-refractivity contribution is 8.32. The van der Waals surface area contributed by atoms with Crippen LogP contribution in [0.4, 0.5) is 11.4 Å². The smallest absolute Gasteiger partial charge is 0.318 e. The highest BCUT2D eigenvalue weighted by atomic mass is 32.3. The molecule has 2 unspecified atom stereocenters. The highest BCUT2D eigenvalue weighted by Crippen LogP contribution is 2.55. The van der Waals surface area contributed by atoms with Crippen LogP contribution in [-0.2, 0) is 65.5 Å². The van der Waals surface area contributed by atoms with Crippen LogP contribution < -0.4 is 9.64 Å². The van der Waals surface area contributed by atoms with Crippen LogP contribution in [0.1, 0.15) is 123 Å². The number of hydrogen-bond acceptors (Lipinski definition) is 14. The Kier molecular flexibility index (Phi) is 19.8. The molecule has 0 amide bonds. The molecule has 0 aliphatic carbocycles. The lowest BCUT2D eigenvalue weighted by molar-refractivity contribution is -0.384. The standard InChI is InChI=1S/C38H50N2O12S.C17H28O/c1-36(2)30-10-7-8-11-31(30)39(38(36)17-16-28-24-29(40(45)46)12-13-32(28)52-38)18-20-50-35(44)37(3,25-48-27-41)26-51-34(43)15-14-33(42)49-22-21-47-19-9-23-53(4,5)6;1-8-9-12-10-13(16(2,3)4)15(18)14(11-12)17(5,6)7/h7-8,10-13,16-17,24,27H,9,14-15,18-23,25-26H2,1-6H3;10-11,18H,8-9H2,1-7H3. The number of fused-ring (bicyclic) bond motifs is 2. The molecule has 2 atom stereocenters. The SMILES string of the molecule is CC(COC=O)(COC(=O)CCC(=O)OCCOCCCS(C)(C)C)C(=O)OCCN1c2ccccc2C(C)(C)C12C=Cc1cc([N+](=O)[O-])ccc1O2.CCCc1cc(C(C)(C)C)c(O)c(C(C)(C)C)c1. The number of phenolic OH excluding ortho intramolecular Hbond substituents is 1. The van der Waals surface area contributed by atoms with Crippen LogP contribution in [-0.4, -0.2) is 111 Å². The van der Waals surface area contributed by atoms with Crippen LogP contribution in [0.25, 0.3) is 6.08 Å². The lowest BCUT2D eigenvalue weighted by Gasteiger charge is -2.47. The topological polar surface area (TPSA) is 190 Å². The first kappa shape index (κ1) is 58.0. The lowest BCUT2D eigenvalue weighted by atomic mass is 9.76. The summed E-state index contributed by atoms with van der Waals surface area (Å²) in [5, 5.41) is 21.9. The van der Waals surface area contributed by atoms with Crippen LogP contribution in [0.3, 0.4) is 0 Å². The number of nitrogens with zero attached hydrogens (tertiary/aromatic N) is 2. The van der Waals surface area contributed by atoms with Gasteiger partial charge in [0.25, 0.3) is 12.2 Å². The number of hydrogen-bond donors (Lipinski definition) is 1. The summed E-state index contributed by atoms with van der Waals surface area (Å²) >= 11 is 0. The fraction of sp³-hybridized carbons (Fsp3) is 0.564. The Morgan fingerprint density at radius 3 is 2.07 bits per heavy atom. The van der Waals surface area contributed by atoms with Gasteiger partial charge >= 0.3 is 17.9 Å². The van der Waals surface area contributed by atoms with E-state index in [0.29, 0.717) is 23.7 Å². The van der Waals surface area contributed by atoms with E-state index in [1.807, 2.05) is 49.1 Å². The zero-order valence-electron chi connectivity index (χ0n) is 44.3. The molecule has 3 aromatic carbocycles. The number of carbonyl (C=O) groups excluding carboxylic acids is 4. The van der Waals surface area contributed by atoms with Crippen molar-refractivity contribution >= 4 is 51.9 Å².